The molecule has 1 aromatic carbocycles. The largest absolute Gasteiger partial charge is 0.488 e. The lowest BCUT2D eigenvalue weighted by atomic mass is 9.79. The van der Waals surface area contributed by atoms with Gasteiger partial charge in [0.05, 0.1) is 0 Å². The first kappa shape index (κ1) is 12.9. The monoisotopic (exact) mass is 222 g/mol. The second-order valence-corrected chi connectivity index (χ2v) is 3.52. The zero-order valence-corrected chi connectivity index (χ0v) is 9.22. The van der Waals surface area contributed by atoms with Crippen molar-refractivity contribution in [3.05, 3.63) is 29.8 Å². The third kappa shape index (κ3) is 3.77. The second-order valence-electron chi connectivity index (χ2n) is 3.52. The first-order chi connectivity index (χ1) is 7.65. The van der Waals surface area contributed by atoms with Gasteiger partial charge in [-0.25, -0.2) is 0 Å². The molecule has 0 aliphatic carbocycles. The molecule has 0 saturated heterocycles. The Bertz CT molecular complexity index is 352. The van der Waals surface area contributed by atoms with Gasteiger partial charge in [-0.05, 0) is 11.9 Å². The van der Waals surface area contributed by atoms with E-state index < -0.39 is 7.12 Å². The minimum absolute atomic E-state index is 0.0143. The summed E-state index contributed by atoms with van der Waals surface area (Å²) in [5.74, 6) is -0.0143. The number of carbonyl (C=O) groups is 1. The fourth-order valence-corrected chi connectivity index (χ4v) is 1.39. The highest BCUT2D eigenvalue weighted by molar-refractivity contribution is 6.58. The minimum atomic E-state index is -1.54. The zero-order chi connectivity index (χ0) is 12.0. The molecule has 0 radical (unpaired) electrons. The average molecular weight is 222 g/mol. The highest BCUT2D eigenvalue weighted by atomic mass is 16.5. The number of rotatable bonds is 6. The van der Waals surface area contributed by atoms with Crippen molar-refractivity contribution in [1.82, 2.24) is 0 Å². The number of ketones is 1. The molecular weight excluding hydrogens is 207 g/mol. The van der Waals surface area contributed by atoms with E-state index in [0.717, 1.165) is 0 Å². The highest BCUT2D eigenvalue weighted by Gasteiger charge is 2.13. The quantitative estimate of drug-likeness (QED) is 0.403. The molecule has 0 amide bonds. The Morgan fingerprint density at radius 2 is 2.19 bits per heavy atom. The van der Waals surface area contributed by atoms with E-state index in [1.54, 1.807) is 25.3 Å². The molecule has 5 heteroatoms. The molecule has 0 unspecified atom stereocenters. The van der Waals surface area contributed by atoms with E-state index in [1.807, 2.05) is 0 Å². The van der Waals surface area contributed by atoms with Crippen molar-refractivity contribution in [1.29, 1.82) is 0 Å². The van der Waals surface area contributed by atoms with E-state index in [1.165, 1.54) is 6.07 Å². The Balaban J connectivity index is 2.64. The van der Waals surface area contributed by atoms with Crippen LogP contribution in [0.1, 0.15) is 23.2 Å². The zero-order valence-electron chi connectivity index (χ0n) is 9.22. The normalized spacial score (nSPS) is 10.2. The lowest BCUT2D eigenvalue weighted by Gasteiger charge is -2.03. The average Bonchev–Trinajstić information content (AvgIpc) is 2.29. The molecule has 1 rings (SSSR count). The SMILES string of the molecule is COCCCC(=O)c1cccc(B(O)O)c1. The molecule has 86 valence electrons. The first-order valence-electron chi connectivity index (χ1n) is 5.13. The van der Waals surface area contributed by atoms with Gasteiger partial charge in [-0.2, -0.15) is 0 Å². The summed E-state index contributed by atoms with van der Waals surface area (Å²) in [4.78, 5) is 11.7. The summed E-state index contributed by atoms with van der Waals surface area (Å²) in [5.41, 5.74) is 0.833. The molecule has 16 heavy (non-hydrogen) atoms. The van der Waals surface area contributed by atoms with Crippen LogP contribution in [0.5, 0.6) is 0 Å². The Morgan fingerprint density at radius 1 is 1.44 bits per heavy atom. The molecule has 0 aliphatic rings. The molecular formula is C11H15BO4. The topological polar surface area (TPSA) is 66.8 Å². The summed E-state index contributed by atoms with van der Waals surface area (Å²) in [6, 6.07) is 6.37. The molecule has 4 nitrogen and oxygen atoms in total. The Labute approximate surface area is 95.0 Å². The van der Waals surface area contributed by atoms with Crippen LogP contribution in [0, 0.1) is 0 Å². The van der Waals surface area contributed by atoms with Crippen LogP contribution < -0.4 is 5.46 Å². The van der Waals surface area contributed by atoms with Crippen LogP contribution in [0.2, 0.25) is 0 Å². The lowest BCUT2D eigenvalue weighted by molar-refractivity contribution is 0.0963. The predicted octanol–water partition coefficient (Wildman–Crippen LogP) is -0.0243. The molecule has 1 aromatic rings. The molecule has 2 N–H and O–H groups in total. The van der Waals surface area contributed by atoms with Crippen LogP contribution in [-0.2, 0) is 4.74 Å². The van der Waals surface area contributed by atoms with Crippen LogP contribution in [0.25, 0.3) is 0 Å². The van der Waals surface area contributed by atoms with Gasteiger partial charge in [0, 0.05) is 25.7 Å². The molecule has 0 fully saturated rings. The van der Waals surface area contributed by atoms with E-state index in [9.17, 15) is 4.79 Å². The summed E-state index contributed by atoms with van der Waals surface area (Å²) in [6.45, 7) is 0.550. The standard InChI is InChI=1S/C11H15BO4/c1-16-7-3-6-11(13)9-4-2-5-10(8-9)12(14)15/h2,4-5,8,14-15H,3,6-7H2,1H3. The van der Waals surface area contributed by atoms with Gasteiger partial charge in [-0.15, -0.1) is 0 Å². The van der Waals surface area contributed by atoms with Gasteiger partial charge in [0.15, 0.2) is 5.78 Å². The summed E-state index contributed by atoms with van der Waals surface area (Å²) in [5, 5.41) is 17.9. The summed E-state index contributed by atoms with van der Waals surface area (Å²) in [7, 11) is 0.0551. The lowest BCUT2D eigenvalue weighted by Crippen LogP contribution is -2.30. The Hall–Kier alpha value is -1.17. The molecule has 0 bridgehead atoms. The van der Waals surface area contributed by atoms with E-state index >= 15 is 0 Å². The van der Waals surface area contributed by atoms with Gasteiger partial charge >= 0.3 is 7.12 Å². The van der Waals surface area contributed by atoms with Crippen molar-refractivity contribution < 1.29 is 19.6 Å². The molecule has 0 saturated carbocycles. The van der Waals surface area contributed by atoms with Crippen molar-refractivity contribution in [2.24, 2.45) is 0 Å². The maximum Gasteiger partial charge on any atom is 0.488 e. The first-order valence-corrected chi connectivity index (χ1v) is 5.13. The van der Waals surface area contributed by atoms with Crippen LogP contribution in [0.15, 0.2) is 24.3 Å². The fourth-order valence-electron chi connectivity index (χ4n) is 1.39. The Morgan fingerprint density at radius 3 is 2.81 bits per heavy atom. The summed E-state index contributed by atoms with van der Waals surface area (Å²) < 4.78 is 4.86. The predicted molar refractivity (Wildman–Crippen MR) is 61.7 cm³/mol. The second kappa shape index (κ2) is 6.42. The van der Waals surface area contributed by atoms with E-state index in [0.29, 0.717) is 30.5 Å². The van der Waals surface area contributed by atoms with Crippen LogP contribution in [0.3, 0.4) is 0 Å². The van der Waals surface area contributed by atoms with Gasteiger partial charge in [-0.1, -0.05) is 24.3 Å². The van der Waals surface area contributed by atoms with Gasteiger partial charge < -0.3 is 14.8 Å². The minimum Gasteiger partial charge on any atom is -0.423 e. The maximum atomic E-state index is 11.7. The van der Waals surface area contributed by atoms with Gasteiger partial charge in [0.25, 0.3) is 0 Å². The van der Waals surface area contributed by atoms with E-state index in [4.69, 9.17) is 14.8 Å². The van der Waals surface area contributed by atoms with Crippen molar-refractivity contribution in [3.8, 4) is 0 Å². The fraction of sp³-hybridized carbons (Fsp3) is 0.364. The number of Topliss-reactive ketones (excluding diaryl/α,β-unsaturated/α-hetero) is 1. The highest BCUT2D eigenvalue weighted by Crippen LogP contribution is 2.04. The molecule has 0 heterocycles. The maximum absolute atomic E-state index is 11.7. The summed E-state index contributed by atoms with van der Waals surface area (Å²) in [6.07, 6.45) is 1.07. The Kier molecular flexibility index (Phi) is 5.18. The van der Waals surface area contributed by atoms with Crippen molar-refractivity contribution in [2.45, 2.75) is 12.8 Å². The number of hydrogen-bond acceptors (Lipinski definition) is 4. The number of hydrogen-bond donors (Lipinski definition) is 2. The van der Waals surface area contributed by atoms with E-state index in [-0.39, 0.29) is 5.78 Å². The third-order valence-corrected chi connectivity index (χ3v) is 2.26. The number of ether oxygens (including phenoxy) is 1. The van der Waals surface area contributed by atoms with Crippen LogP contribution in [-0.4, -0.2) is 36.7 Å². The van der Waals surface area contributed by atoms with Crippen LogP contribution >= 0.6 is 0 Å². The van der Waals surface area contributed by atoms with E-state index in [2.05, 4.69) is 0 Å². The molecule has 0 atom stereocenters. The smallest absolute Gasteiger partial charge is 0.423 e. The summed E-state index contributed by atoms with van der Waals surface area (Å²) >= 11 is 0. The van der Waals surface area contributed by atoms with Crippen molar-refractivity contribution in [2.75, 3.05) is 13.7 Å². The number of methoxy groups -OCH3 is 1. The van der Waals surface area contributed by atoms with Gasteiger partial charge in [0.1, 0.15) is 0 Å². The van der Waals surface area contributed by atoms with Gasteiger partial charge in [-0.3, -0.25) is 4.79 Å². The number of carbonyl (C=O) groups excluding carboxylic acids is 1. The number of benzene rings is 1. The van der Waals surface area contributed by atoms with Crippen molar-refractivity contribution >= 4 is 18.4 Å². The molecule has 0 spiro atoms. The van der Waals surface area contributed by atoms with Crippen molar-refractivity contribution in [3.63, 3.8) is 0 Å². The molecule has 0 aliphatic heterocycles. The van der Waals surface area contributed by atoms with Gasteiger partial charge in [0.2, 0.25) is 0 Å². The van der Waals surface area contributed by atoms with Crippen LogP contribution in [0.4, 0.5) is 0 Å². The third-order valence-electron chi connectivity index (χ3n) is 2.26. The molecule has 0 aromatic heterocycles.